The molecule has 0 aliphatic carbocycles. The average molecular weight is 325 g/mol. The van der Waals surface area contributed by atoms with Gasteiger partial charge >= 0.3 is 54.9 Å². The number of aliphatic carboxylic acids is 1. The van der Waals surface area contributed by atoms with Crippen molar-refractivity contribution in [1.29, 1.82) is 0 Å². The fourth-order valence-corrected chi connectivity index (χ4v) is 0. The summed E-state index contributed by atoms with van der Waals surface area (Å²) in [6.45, 7) is 0. The second kappa shape index (κ2) is 6.77. The van der Waals surface area contributed by atoms with Crippen LogP contribution >= 0.6 is 22.6 Å². The van der Waals surface area contributed by atoms with Crippen molar-refractivity contribution in [3.05, 3.63) is 0 Å². The molecule has 0 aliphatic rings. The molecule has 0 bridgehead atoms. The molecule has 6 heavy (non-hydrogen) atoms. The van der Waals surface area contributed by atoms with Crippen LogP contribution in [0.1, 0.15) is 0 Å². The first-order valence-electron chi connectivity index (χ1n) is 1.05. The van der Waals surface area contributed by atoms with Crippen molar-refractivity contribution in [2.75, 3.05) is 4.43 Å². The van der Waals surface area contributed by atoms with Crippen LogP contribution in [0.2, 0.25) is 0 Å². The second-order valence-electron chi connectivity index (χ2n) is 0.527. The van der Waals surface area contributed by atoms with Crippen LogP contribution in [-0.4, -0.2) is 64.4 Å². The van der Waals surface area contributed by atoms with E-state index in [0.29, 0.717) is 0 Å². The Balaban J connectivity index is 0. The monoisotopic (exact) mass is 326 g/mol. The van der Waals surface area contributed by atoms with Gasteiger partial charge in [-0.1, -0.05) is 22.6 Å². The first-order chi connectivity index (χ1) is 2.27. The van der Waals surface area contributed by atoms with E-state index in [2.05, 4.69) is 0 Å². The maximum atomic E-state index is 9.36. The van der Waals surface area contributed by atoms with Crippen LogP contribution in [0.15, 0.2) is 0 Å². The molecule has 0 unspecified atom stereocenters. The number of alkyl halides is 1. The molecule has 0 saturated heterocycles. The van der Waals surface area contributed by atoms with Crippen molar-refractivity contribution < 1.29 is 9.90 Å². The van der Waals surface area contributed by atoms with E-state index in [4.69, 9.17) is 5.11 Å². The van der Waals surface area contributed by atoms with Gasteiger partial charge in [-0.2, -0.15) is 0 Å². The zero-order chi connectivity index (χ0) is 4.28. The van der Waals surface area contributed by atoms with Crippen LogP contribution in [0.3, 0.4) is 0 Å². The van der Waals surface area contributed by atoms with Crippen LogP contribution in [-0.2, 0) is 4.79 Å². The molecule has 0 radical (unpaired) electrons. The molecule has 0 saturated carbocycles. The van der Waals surface area contributed by atoms with Gasteiger partial charge in [-0.15, -0.1) is 0 Å². The fourth-order valence-electron chi connectivity index (χ4n) is 0. The molecule has 34 valence electrons. The van der Waals surface area contributed by atoms with E-state index in [1.807, 2.05) is 0 Å². The van der Waals surface area contributed by atoms with Gasteiger partial charge in [0.15, 0.2) is 0 Å². The quantitative estimate of drug-likeness (QED) is 0.404. The molecule has 0 aliphatic heterocycles. The molecule has 4 heteroatoms. The Labute approximate surface area is 89.9 Å². The zero-order valence-corrected chi connectivity index (χ0v) is 4.60. The van der Waals surface area contributed by atoms with Crippen LogP contribution in [0.5, 0.6) is 0 Å². The van der Waals surface area contributed by atoms with Gasteiger partial charge < -0.3 is 5.11 Å². The van der Waals surface area contributed by atoms with Gasteiger partial charge in [-0.05, 0) is 0 Å². The van der Waals surface area contributed by atoms with Crippen molar-refractivity contribution in [2.24, 2.45) is 0 Å². The molecular formula is C2H5BaIO2. The Kier molecular flexibility index (Phi) is 12.1. The Morgan fingerprint density at radius 1 is 1.83 bits per heavy atom. The minimum absolute atomic E-state index is 0. The first-order valence-corrected chi connectivity index (χ1v) is 2.57. The molecule has 0 heterocycles. The van der Waals surface area contributed by atoms with Crippen LogP contribution in [0, 0.1) is 0 Å². The number of hydrogen-bond donors (Lipinski definition) is 1. The Morgan fingerprint density at radius 3 is 2.00 bits per heavy atom. The SMILES string of the molecule is O=C(O)CI.[BaH2]. The van der Waals surface area contributed by atoms with E-state index in [0.717, 1.165) is 0 Å². The third-order valence-corrected chi connectivity index (χ3v) is 0.767. The standard InChI is InChI=1S/C2H3IO2.Ba.2H/c3-1-2(4)5;;;/h1H2,(H,4,5);;;. The van der Waals surface area contributed by atoms with E-state index in [-0.39, 0.29) is 53.3 Å². The molecule has 0 atom stereocenters. The molecule has 1 N–H and O–H groups in total. The topological polar surface area (TPSA) is 37.3 Å². The second-order valence-corrected chi connectivity index (χ2v) is 1.29. The predicted molar refractivity (Wildman–Crippen MR) is 35.1 cm³/mol. The van der Waals surface area contributed by atoms with Crippen molar-refractivity contribution >= 4 is 77.4 Å². The Morgan fingerprint density at radius 2 is 2.00 bits per heavy atom. The summed E-state index contributed by atoms with van der Waals surface area (Å²) in [5, 5.41) is 7.71. The number of halogens is 1. The summed E-state index contributed by atoms with van der Waals surface area (Å²) in [7, 11) is 0. The number of carbonyl (C=O) groups is 1. The van der Waals surface area contributed by atoms with Crippen molar-refractivity contribution in [3.8, 4) is 0 Å². The van der Waals surface area contributed by atoms with E-state index in [1.54, 1.807) is 22.6 Å². The fraction of sp³-hybridized carbons (Fsp3) is 0.500. The molecule has 0 rings (SSSR count). The van der Waals surface area contributed by atoms with Crippen LogP contribution in [0.4, 0.5) is 0 Å². The molecular weight excluding hydrogens is 320 g/mol. The van der Waals surface area contributed by atoms with Gasteiger partial charge in [0.25, 0.3) is 0 Å². The van der Waals surface area contributed by atoms with E-state index >= 15 is 0 Å². The third-order valence-electron chi connectivity index (χ3n) is 0.114. The van der Waals surface area contributed by atoms with Gasteiger partial charge in [-0.25, -0.2) is 0 Å². The molecule has 0 aromatic carbocycles. The molecule has 0 aromatic heterocycles. The summed E-state index contributed by atoms with van der Waals surface area (Å²) in [5.41, 5.74) is 0. The summed E-state index contributed by atoms with van der Waals surface area (Å²) in [6.07, 6.45) is 0. The molecule has 0 amide bonds. The normalized spacial score (nSPS) is 6.17. The van der Waals surface area contributed by atoms with Gasteiger partial charge in [0.05, 0.1) is 4.43 Å². The summed E-state index contributed by atoms with van der Waals surface area (Å²) in [4.78, 5) is 9.36. The van der Waals surface area contributed by atoms with Crippen LogP contribution in [0.25, 0.3) is 0 Å². The summed E-state index contributed by atoms with van der Waals surface area (Å²) >= 11 is 1.78. The van der Waals surface area contributed by atoms with Gasteiger partial charge in [-0.3, -0.25) is 4.79 Å². The van der Waals surface area contributed by atoms with E-state index in [9.17, 15) is 4.79 Å². The van der Waals surface area contributed by atoms with Crippen molar-refractivity contribution in [2.45, 2.75) is 0 Å². The van der Waals surface area contributed by atoms with E-state index < -0.39 is 5.97 Å². The summed E-state index contributed by atoms with van der Waals surface area (Å²) < 4.78 is 0.192. The Hall–Kier alpha value is 1.77. The van der Waals surface area contributed by atoms with Crippen LogP contribution < -0.4 is 0 Å². The average Bonchev–Trinajstić information content (AvgIpc) is 1.38. The van der Waals surface area contributed by atoms with Gasteiger partial charge in [0.1, 0.15) is 0 Å². The molecule has 0 fully saturated rings. The third kappa shape index (κ3) is 9.24. The maximum absolute atomic E-state index is 9.36. The number of carboxylic acid groups (broad SMARTS) is 1. The number of hydrogen-bond acceptors (Lipinski definition) is 1. The number of rotatable bonds is 1. The Bertz CT molecular complexity index is 46.8. The summed E-state index contributed by atoms with van der Waals surface area (Å²) in [5.74, 6) is -0.759. The van der Waals surface area contributed by atoms with Crippen molar-refractivity contribution in [3.63, 3.8) is 0 Å². The minimum atomic E-state index is -0.759. The first kappa shape index (κ1) is 10.7. The van der Waals surface area contributed by atoms with Gasteiger partial charge in [0.2, 0.25) is 0 Å². The molecule has 0 aromatic rings. The van der Waals surface area contributed by atoms with E-state index in [1.165, 1.54) is 0 Å². The zero-order valence-electron chi connectivity index (χ0n) is 2.44. The molecule has 0 spiro atoms. The number of carboxylic acids is 1. The van der Waals surface area contributed by atoms with Gasteiger partial charge in [0, 0.05) is 0 Å². The molecule has 2 nitrogen and oxygen atoms in total. The van der Waals surface area contributed by atoms with Crippen molar-refractivity contribution in [1.82, 2.24) is 0 Å². The predicted octanol–water partition coefficient (Wildman–Crippen LogP) is -0.410. The summed E-state index contributed by atoms with van der Waals surface area (Å²) in [6, 6.07) is 0.